The van der Waals surface area contributed by atoms with Crippen LogP contribution in [0.5, 0.6) is 0 Å². The van der Waals surface area contributed by atoms with Crippen LogP contribution in [0, 0.1) is 21.4 Å². The molecule has 0 unspecified atom stereocenters. The minimum Gasteiger partial charge on any atom is -0.481 e. The Hall–Kier alpha value is -2.63. The molecule has 0 saturated heterocycles. The first-order chi connectivity index (χ1) is 8.36. The summed E-state index contributed by atoms with van der Waals surface area (Å²) < 4.78 is 25.2. The van der Waals surface area contributed by atoms with Crippen LogP contribution in [-0.4, -0.2) is 21.0 Å². The van der Waals surface area contributed by atoms with Gasteiger partial charge in [0, 0.05) is 0 Å². The number of alkyl halides is 2. The van der Waals surface area contributed by atoms with Crippen molar-refractivity contribution in [2.24, 2.45) is 0 Å². The molecule has 0 aromatic carbocycles. The number of halogens is 2. The maximum atomic E-state index is 12.6. The van der Waals surface area contributed by atoms with E-state index < -0.39 is 46.4 Å². The summed E-state index contributed by atoms with van der Waals surface area (Å²) in [7, 11) is 0. The molecule has 0 fully saturated rings. The molecule has 0 spiro atoms. The number of aliphatic carboxylic acids is 1. The first kappa shape index (κ1) is 13.4. The molecule has 0 atom stereocenters. The third-order valence-electron chi connectivity index (χ3n) is 1.96. The minimum atomic E-state index is -3.07. The Bertz CT molecular complexity index is 553. The Morgan fingerprint density at radius 2 is 2.28 bits per heavy atom. The highest BCUT2D eigenvalue weighted by Gasteiger charge is 2.27. The molecule has 1 heterocycles. The quantitative estimate of drug-likeness (QED) is 0.643. The van der Waals surface area contributed by atoms with Crippen molar-refractivity contribution in [2.75, 3.05) is 0 Å². The van der Waals surface area contributed by atoms with Gasteiger partial charge in [-0.25, -0.2) is 8.78 Å². The Labute approximate surface area is 98.4 Å². The highest BCUT2D eigenvalue weighted by Crippen LogP contribution is 2.27. The Kier molecular flexibility index (Phi) is 3.83. The minimum absolute atomic E-state index is 0.591. The Balaban J connectivity index is 3.48. The second-order valence-electron chi connectivity index (χ2n) is 3.14. The first-order valence-electron chi connectivity index (χ1n) is 4.45. The van der Waals surface area contributed by atoms with Crippen LogP contribution in [0.3, 0.4) is 0 Å². The zero-order valence-corrected chi connectivity index (χ0v) is 8.63. The molecule has 9 heteroatoms. The van der Waals surface area contributed by atoms with E-state index in [2.05, 4.69) is 4.98 Å². The van der Waals surface area contributed by atoms with Crippen LogP contribution in [0.2, 0.25) is 0 Å². The first-order valence-corrected chi connectivity index (χ1v) is 4.45. The number of carboxylic acid groups (broad SMARTS) is 1. The fraction of sp³-hybridized carbons (Fsp3) is 0.222. The smallest absolute Gasteiger partial charge is 0.381 e. The number of carboxylic acids is 1. The zero-order valence-electron chi connectivity index (χ0n) is 8.63. The summed E-state index contributed by atoms with van der Waals surface area (Å²) in [6, 6.07) is 1.96. The molecule has 1 aromatic rings. The van der Waals surface area contributed by atoms with E-state index in [-0.39, 0.29) is 0 Å². The van der Waals surface area contributed by atoms with Gasteiger partial charge in [0.1, 0.15) is 12.5 Å². The molecule has 1 N–H and O–H groups in total. The highest BCUT2D eigenvalue weighted by atomic mass is 19.3. The molecule has 0 radical (unpaired) electrons. The van der Waals surface area contributed by atoms with E-state index in [0.29, 0.717) is 6.07 Å². The van der Waals surface area contributed by atoms with Crippen LogP contribution < -0.4 is 0 Å². The zero-order chi connectivity index (χ0) is 13.9. The van der Waals surface area contributed by atoms with Crippen molar-refractivity contribution in [1.82, 2.24) is 4.98 Å². The van der Waals surface area contributed by atoms with Crippen LogP contribution in [0.25, 0.3) is 0 Å². The number of aromatic nitrogens is 1. The van der Waals surface area contributed by atoms with Gasteiger partial charge in [-0.1, -0.05) is 0 Å². The SMILES string of the molecule is N#Cc1cc(C(F)F)c(CC(=O)O)nc1[N+](=O)[O-]. The van der Waals surface area contributed by atoms with Gasteiger partial charge in [0.2, 0.25) is 0 Å². The van der Waals surface area contributed by atoms with Crippen LogP contribution in [0.15, 0.2) is 6.07 Å². The molecular weight excluding hydrogens is 252 g/mol. The number of pyridine rings is 1. The molecule has 0 amide bonds. The van der Waals surface area contributed by atoms with E-state index in [9.17, 15) is 23.7 Å². The van der Waals surface area contributed by atoms with Crippen LogP contribution in [0.4, 0.5) is 14.6 Å². The lowest BCUT2D eigenvalue weighted by atomic mass is 10.1. The Morgan fingerprint density at radius 1 is 1.67 bits per heavy atom. The molecule has 0 aliphatic heterocycles. The van der Waals surface area contributed by atoms with Crippen molar-refractivity contribution >= 4 is 11.8 Å². The van der Waals surface area contributed by atoms with Gasteiger partial charge in [0.15, 0.2) is 11.3 Å². The van der Waals surface area contributed by atoms with Crippen molar-refractivity contribution in [3.63, 3.8) is 0 Å². The summed E-state index contributed by atoms with van der Waals surface area (Å²) in [4.78, 5) is 23.2. The topological polar surface area (TPSA) is 117 Å². The lowest BCUT2D eigenvalue weighted by molar-refractivity contribution is -0.389. The summed E-state index contributed by atoms with van der Waals surface area (Å²) in [5.74, 6) is -2.39. The van der Waals surface area contributed by atoms with E-state index in [4.69, 9.17) is 10.4 Å². The molecule has 0 bridgehead atoms. The van der Waals surface area contributed by atoms with Crippen molar-refractivity contribution in [1.29, 1.82) is 5.26 Å². The predicted molar refractivity (Wildman–Crippen MR) is 51.9 cm³/mol. The molecule has 94 valence electrons. The fourth-order valence-corrected chi connectivity index (χ4v) is 1.25. The second-order valence-corrected chi connectivity index (χ2v) is 3.14. The number of nitrogens with zero attached hydrogens (tertiary/aromatic N) is 3. The summed E-state index contributed by atoms with van der Waals surface area (Å²) >= 11 is 0. The van der Waals surface area contributed by atoms with Gasteiger partial charge in [-0.05, 0) is 16.0 Å². The summed E-state index contributed by atoms with van der Waals surface area (Å²) in [6.07, 6.45) is -3.95. The van der Waals surface area contributed by atoms with Crippen molar-refractivity contribution in [2.45, 2.75) is 12.8 Å². The van der Waals surface area contributed by atoms with Crippen molar-refractivity contribution in [3.8, 4) is 6.07 Å². The maximum Gasteiger partial charge on any atom is 0.381 e. The number of carbonyl (C=O) groups is 1. The summed E-state index contributed by atoms with van der Waals surface area (Å²) in [5.41, 5.74) is -2.05. The van der Waals surface area contributed by atoms with Gasteiger partial charge in [0.25, 0.3) is 6.43 Å². The molecular formula is C9H5F2N3O4. The number of hydrogen-bond acceptors (Lipinski definition) is 5. The normalized spacial score (nSPS) is 10.1. The van der Waals surface area contributed by atoms with Crippen molar-refractivity contribution in [3.05, 3.63) is 33.0 Å². The van der Waals surface area contributed by atoms with E-state index in [1.54, 1.807) is 0 Å². The third kappa shape index (κ3) is 2.73. The number of nitriles is 1. The number of nitro groups is 1. The van der Waals surface area contributed by atoms with E-state index in [1.165, 1.54) is 6.07 Å². The van der Waals surface area contributed by atoms with E-state index in [0.717, 1.165) is 0 Å². The van der Waals surface area contributed by atoms with Crippen LogP contribution >= 0.6 is 0 Å². The third-order valence-corrected chi connectivity index (χ3v) is 1.96. The molecule has 7 nitrogen and oxygen atoms in total. The van der Waals surface area contributed by atoms with E-state index >= 15 is 0 Å². The molecule has 1 aromatic heterocycles. The van der Waals surface area contributed by atoms with Gasteiger partial charge in [-0.2, -0.15) is 5.26 Å². The lowest BCUT2D eigenvalue weighted by Gasteiger charge is -2.04. The predicted octanol–water partition coefficient (Wildman–Crippen LogP) is 1.43. The monoisotopic (exact) mass is 257 g/mol. The Morgan fingerprint density at radius 3 is 2.67 bits per heavy atom. The number of rotatable bonds is 4. The molecule has 0 saturated carbocycles. The average Bonchev–Trinajstić information content (AvgIpc) is 2.27. The largest absolute Gasteiger partial charge is 0.481 e. The van der Waals surface area contributed by atoms with Gasteiger partial charge < -0.3 is 15.2 Å². The standard InChI is InChI=1S/C9H5F2N3O4/c10-8(11)5-1-4(3-12)9(14(17)18)13-6(5)2-7(15)16/h1,8H,2H2,(H,15,16). The molecule has 1 rings (SSSR count). The number of hydrogen-bond donors (Lipinski definition) is 1. The van der Waals surface area contributed by atoms with Gasteiger partial charge in [-0.15, -0.1) is 0 Å². The van der Waals surface area contributed by atoms with Gasteiger partial charge in [-0.3, -0.25) is 4.79 Å². The second kappa shape index (κ2) is 5.13. The summed E-state index contributed by atoms with van der Waals surface area (Å²) in [5, 5.41) is 27.7. The molecule has 18 heavy (non-hydrogen) atoms. The van der Waals surface area contributed by atoms with Gasteiger partial charge in [0.05, 0.1) is 5.56 Å². The van der Waals surface area contributed by atoms with Gasteiger partial charge >= 0.3 is 11.8 Å². The summed E-state index contributed by atoms with van der Waals surface area (Å²) in [6.45, 7) is 0. The highest BCUT2D eigenvalue weighted by molar-refractivity contribution is 5.70. The van der Waals surface area contributed by atoms with Crippen LogP contribution in [0.1, 0.15) is 23.2 Å². The fourth-order valence-electron chi connectivity index (χ4n) is 1.25. The van der Waals surface area contributed by atoms with Crippen LogP contribution in [-0.2, 0) is 11.2 Å². The molecule has 0 aliphatic carbocycles. The average molecular weight is 257 g/mol. The van der Waals surface area contributed by atoms with Crippen molar-refractivity contribution < 1.29 is 23.6 Å². The van der Waals surface area contributed by atoms with E-state index in [1.807, 2.05) is 0 Å². The maximum absolute atomic E-state index is 12.6. The lowest BCUT2D eigenvalue weighted by Crippen LogP contribution is -2.09. The molecule has 0 aliphatic rings.